The van der Waals surface area contributed by atoms with Gasteiger partial charge in [0.2, 0.25) is 5.91 Å². The second kappa shape index (κ2) is 4.52. The zero-order valence-corrected chi connectivity index (χ0v) is 9.76. The maximum Gasteiger partial charge on any atom is 0.225 e. The first-order valence-corrected chi connectivity index (χ1v) is 5.73. The SMILES string of the molecule is CC=C[C@H]1CC(=O)N1[C@@H](C)c1ccccc1. The van der Waals surface area contributed by atoms with Crippen LogP contribution in [0.3, 0.4) is 0 Å². The van der Waals surface area contributed by atoms with E-state index in [-0.39, 0.29) is 18.0 Å². The number of likely N-dealkylation sites (tertiary alicyclic amines) is 1. The van der Waals surface area contributed by atoms with E-state index in [1.807, 2.05) is 36.1 Å². The lowest BCUT2D eigenvalue weighted by molar-refractivity contribution is -0.146. The van der Waals surface area contributed by atoms with Crippen LogP contribution in [0.25, 0.3) is 0 Å². The first kappa shape index (κ1) is 10.9. The molecule has 2 nitrogen and oxygen atoms in total. The smallest absolute Gasteiger partial charge is 0.225 e. The number of rotatable bonds is 3. The van der Waals surface area contributed by atoms with Gasteiger partial charge >= 0.3 is 0 Å². The molecule has 1 heterocycles. The molecule has 1 amide bonds. The lowest BCUT2D eigenvalue weighted by Crippen LogP contribution is -2.52. The van der Waals surface area contributed by atoms with Crippen LogP contribution in [0.2, 0.25) is 0 Å². The van der Waals surface area contributed by atoms with Crippen LogP contribution in [0.4, 0.5) is 0 Å². The van der Waals surface area contributed by atoms with Crippen LogP contribution < -0.4 is 0 Å². The Bertz CT molecular complexity index is 396. The topological polar surface area (TPSA) is 20.3 Å². The summed E-state index contributed by atoms with van der Waals surface area (Å²) in [5, 5.41) is 0. The molecule has 1 aromatic carbocycles. The van der Waals surface area contributed by atoms with Gasteiger partial charge in [-0.2, -0.15) is 0 Å². The van der Waals surface area contributed by atoms with Crippen molar-refractivity contribution in [2.24, 2.45) is 0 Å². The van der Waals surface area contributed by atoms with Gasteiger partial charge in [-0.1, -0.05) is 42.5 Å². The van der Waals surface area contributed by atoms with E-state index < -0.39 is 0 Å². The Kier molecular flexibility index (Phi) is 3.09. The molecular weight excluding hydrogens is 198 g/mol. The number of amides is 1. The number of carbonyl (C=O) groups excluding carboxylic acids is 1. The van der Waals surface area contributed by atoms with Gasteiger partial charge in [0.05, 0.1) is 18.5 Å². The molecule has 0 unspecified atom stereocenters. The fraction of sp³-hybridized carbons (Fsp3) is 0.357. The van der Waals surface area contributed by atoms with Crippen LogP contribution in [0.5, 0.6) is 0 Å². The van der Waals surface area contributed by atoms with Crippen molar-refractivity contribution >= 4 is 5.91 Å². The predicted molar refractivity (Wildman–Crippen MR) is 64.9 cm³/mol. The predicted octanol–water partition coefficient (Wildman–Crippen LogP) is 2.92. The minimum atomic E-state index is 0.170. The maximum atomic E-state index is 11.6. The van der Waals surface area contributed by atoms with Crippen LogP contribution in [0.15, 0.2) is 42.5 Å². The van der Waals surface area contributed by atoms with Crippen molar-refractivity contribution < 1.29 is 4.79 Å². The summed E-state index contributed by atoms with van der Waals surface area (Å²) < 4.78 is 0. The fourth-order valence-electron chi connectivity index (χ4n) is 2.23. The third-order valence-electron chi connectivity index (χ3n) is 3.14. The van der Waals surface area contributed by atoms with Crippen LogP contribution in [0.1, 0.15) is 31.9 Å². The van der Waals surface area contributed by atoms with Crippen molar-refractivity contribution in [1.82, 2.24) is 4.90 Å². The van der Waals surface area contributed by atoms with Crippen LogP contribution >= 0.6 is 0 Å². The fourth-order valence-corrected chi connectivity index (χ4v) is 2.23. The number of β-lactam (4-membered cyclic amide) rings is 1. The normalized spacial score (nSPS) is 22.2. The van der Waals surface area contributed by atoms with Gasteiger partial charge in [0, 0.05) is 0 Å². The third kappa shape index (κ3) is 1.87. The minimum Gasteiger partial charge on any atom is -0.329 e. The Morgan fingerprint density at radius 1 is 1.38 bits per heavy atom. The molecule has 0 radical (unpaired) electrons. The molecule has 0 aliphatic carbocycles. The van der Waals surface area contributed by atoms with Crippen molar-refractivity contribution in [2.45, 2.75) is 32.4 Å². The molecule has 0 aromatic heterocycles. The van der Waals surface area contributed by atoms with Crippen molar-refractivity contribution in [3.8, 4) is 0 Å². The highest BCUT2D eigenvalue weighted by Crippen LogP contribution is 2.31. The molecule has 84 valence electrons. The summed E-state index contributed by atoms with van der Waals surface area (Å²) in [6, 6.07) is 10.6. The molecule has 2 heteroatoms. The van der Waals surface area contributed by atoms with E-state index in [0.29, 0.717) is 6.42 Å². The monoisotopic (exact) mass is 215 g/mol. The average Bonchev–Trinajstić information content (AvgIpc) is 2.29. The second-order valence-corrected chi connectivity index (χ2v) is 4.18. The van der Waals surface area contributed by atoms with Gasteiger partial charge in [0.1, 0.15) is 0 Å². The molecule has 1 fully saturated rings. The number of hydrogen-bond donors (Lipinski definition) is 0. The van der Waals surface area contributed by atoms with Gasteiger partial charge in [0.15, 0.2) is 0 Å². The summed E-state index contributed by atoms with van der Waals surface area (Å²) in [4.78, 5) is 13.6. The first-order valence-electron chi connectivity index (χ1n) is 5.73. The van der Waals surface area contributed by atoms with E-state index >= 15 is 0 Å². The lowest BCUT2D eigenvalue weighted by atomic mass is 9.95. The summed E-state index contributed by atoms with van der Waals surface area (Å²) in [6.07, 6.45) is 4.77. The highest BCUT2D eigenvalue weighted by molar-refractivity contribution is 5.84. The van der Waals surface area contributed by atoms with Gasteiger partial charge < -0.3 is 4.90 Å². The Morgan fingerprint density at radius 2 is 2.06 bits per heavy atom. The van der Waals surface area contributed by atoms with Crippen molar-refractivity contribution in [3.05, 3.63) is 48.0 Å². The summed E-state index contributed by atoms with van der Waals surface area (Å²) >= 11 is 0. The standard InChI is InChI=1S/C14H17NO/c1-3-7-13-10-14(16)15(13)11(2)12-8-5-4-6-9-12/h3-9,11,13H,10H2,1-2H3/t11-,13-/m0/s1. The molecular formula is C14H17NO. The third-order valence-corrected chi connectivity index (χ3v) is 3.14. The van der Waals surface area contributed by atoms with Gasteiger partial charge in [-0.15, -0.1) is 0 Å². The summed E-state index contributed by atoms with van der Waals surface area (Å²) in [5.74, 6) is 0.249. The largest absolute Gasteiger partial charge is 0.329 e. The molecule has 0 spiro atoms. The summed E-state index contributed by atoms with van der Waals surface area (Å²) in [7, 11) is 0. The molecule has 16 heavy (non-hydrogen) atoms. The highest BCUT2D eigenvalue weighted by atomic mass is 16.2. The quantitative estimate of drug-likeness (QED) is 0.561. The summed E-state index contributed by atoms with van der Waals surface area (Å²) in [6.45, 7) is 4.08. The van der Waals surface area contributed by atoms with Crippen molar-refractivity contribution in [1.29, 1.82) is 0 Å². The molecule has 0 saturated carbocycles. The highest BCUT2D eigenvalue weighted by Gasteiger charge is 2.37. The number of allylic oxidation sites excluding steroid dienone is 1. The Balaban J connectivity index is 2.15. The van der Waals surface area contributed by atoms with Gasteiger partial charge in [0.25, 0.3) is 0 Å². The van der Waals surface area contributed by atoms with Gasteiger partial charge in [-0.05, 0) is 19.4 Å². The average molecular weight is 215 g/mol. The van der Waals surface area contributed by atoms with E-state index in [9.17, 15) is 4.79 Å². The maximum absolute atomic E-state index is 11.6. The molecule has 1 saturated heterocycles. The minimum absolute atomic E-state index is 0.170. The van der Waals surface area contributed by atoms with Crippen LogP contribution in [0, 0.1) is 0 Å². The molecule has 1 aromatic rings. The molecule has 0 N–H and O–H groups in total. The van der Waals surface area contributed by atoms with Gasteiger partial charge in [-0.3, -0.25) is 4.79 Å². The van der Waals surface area contributed by atoms with E-state index in [1.54, 1.807) is 0 Å². The number of nitrogens with zero attached hydrogens (tertiary/aromatic N) is 1. The van der Waals surface area contributed by atoms with Crippen LogP contribution in [-0.4, -0.2) is 16.8 Å². The molecule has 1 aliphatic heterocycles. The van der Waals surface area contributed by atoms with Crippen molar-refractivity contribution in [3.63, 3.8) is 0 Å². The second-order valence-electron chi connectivity index (χ2n) is 4.18. The number of carbonyl (C=O) groups is 1. The van der Waals surface area contributed by atoms with Gasteiger partial charge in [-0.25, -0.2) is 0 Å². The lowest BCUT2D eigenvalue weighted by Gasteiger charge is -2.43. The summed E-state index contributed by atoms with van der Waals surface area (Å²) in [5.41, 5.74) is 1.20. The van der Waals surface area contributed by atoms with Crippen molar-refractivity contribution in [2.75, 3.05) is 0 Å². The zero-order valence-electron chi connectivity index (χ0n) is 9.76. The zero-order chi connectivity index (χ0) is 11.5. The molecule has 2 rings (SSSR count). The van der Waals surface area contributed by atoms with E-state index in [2.05, 4.69) is 25.1 Å². The van der Waals surface area contributed by atoms with Crippen LogP contribution in [-0.2, 0) is 4.79 Å². The molecule has 2 atom stereocenters. The number of benzene rings is 1. The van der Waals surface area contributed by atoms with E-state index in [1.165, 1.54) is 5.56 Å². The Labute approximate surface area is 96.6 Å². The first-order chi connectivity index (χ1) is 7.74. The number of hydrogen-bond acceptors (Lipinski definition) is 1. The molecule has 0 bridgehead atoms. The Hall–Kier alpha value is -1.57. The van der Waals surface area contributed by atoms with E-state index in [4.69, 9.17) is 0 Å². The van der Waals surface area contributed by atoms with E-state index in [0.717, 1.165) is 0 Å². The Morgan fingerprint density at radius 3 is 2.62 bits per heavy atom. The molecule has 1 aliphatic rings.